The molecule has 3 rings (SSSR count). The zero-order chi connectivity index (χ0) is 17.6. The monoisotopic (exact) mass is 394 g/mol. The number of halogens is 2. The van der Waals surface area contributed by atoms with Crippen LogP contribution in [0.2, 0.25) is 5.02 Å². The van der Waals surface area contributed by atoms with E-state index in [0.717, 1.165) is 36.4 Å². The number of benzene rings is 2. The molecule has 0 saturated carbocycles. The first-order valence-electron chi connectivity index (χ1n) is 8.62. The van der Waals surface area contributed by atoms with E-state index in [2.05, 4.69) is 17.6 Å². The fourth-order valence-corrected chi connectivity index (χ4v) is 3.15. The summed E-state index contributed by atoms with van der Waals surface area (Å²) in [7, 11) is 0. The van der Waals surface area contributed by atoms with Crippen LogP contribution in [-0.4, -0.2) is 18.5 Å². The van der Waals surface area contributed by atoms with Gasteiger partial charge in [0.2, 0.25) is 5.91 Å². The summed E-state index contributed by atoms with van der Waals surface area (Å²) < 4.78 is 5.81. The lowest BCUT2D eigenvalue weighted by Gasteiger charge is -2.27. The van der Waals surface area contributed by atoms with E-state index in [1.54, 1.807) is 0 Å². The molecule has 140 valence electrons. The quantitative estimate of drug-likeness (QED) is 0.774. The maximum Gasteiger partial charge on any atom is 0.227 e. The van der Waals surface area contributed by atoms with Gasteiger partial charge in [-0.3, -0.25) is 4.79 Å². The van der Waals surface area contributed by atoms with Crippen LogP contribution in [0.15, 0.2) is 48.5 Å². The van der Waals surface area contributed by atoms with Crippen molar-refractivity contribution in [1.29, 1.82) is 0 Å². The number of piperidine rings is 1. The van der Waals surface area contributed by atoms with Gasteiger partial charge in [-0.25, -0.2) is 0 Å². The third kappa shape index (κ3) is 5.90. The van der Waals surface area contributed by atoms with Gasteiger partial charge in [0.25, 0.3) is 0 Å². The number of rotatable bonds is 5. The van der Waals surface area contributed by atoms with Crippen LogP contribution in [0.3, 0.4) is 0 Å². The van der Waals surface area contributed by atoms with Crippen molar-refractivity contribution < 1.29 is 9.53 Å². The normalized spacial score (nSPS) is 19.3. The Labute approximate surface area is 165 Å². The fraction of sp³-hybridized carbons (Fsp3) is 0.350. The highest BCUT2D eigenvalue weighted by atomic mass is 35.5. The van der Waals surface area contributed by atoms with E-state index < -0.39 is 0 Å². The van der Waals surface area contributed by atoms with Crippen molar-refractivity contribution in [3.63, 3.8) is 0 Å². The molecule has 26 heavy (non-hydrogen) atoms. The van der Waals surface area contributed by atoms with Crippen LogP contribution >= 0.6 is 24.0 Å². The number of carbonyl (C=O) groups excluding carboxylic acids is 1. The van der Waals surface area contributed by atoms with Crippen LogP contribution in [0.25, 0.3) is 0 Å². The average Bonchev–Trinajstić information content (AvgIpc) is 2.61. The van der Waals surface area contributed by atoms with E-state index >= 15 is 0 Å². The van der Waals surface area contributed by atoms with Crippen LogP contribution in [0, 0.1) is 5.92 Å². The van der Waals surface area contributed by atoms with Gasteiger partial charge in [0.05, 0.1) is 0 Å². The Morgan fingerprint density at radius 1 is 1.27 bits per heavy atom. The Balaban J connectivity index is 0.00000243. The molecule has 1 heterocycles. The van der Waals surface area contributed by atoms with E-state index in [1.807, 2.05) is 48.5 Å². The Morgan fingerprint density at radius 3 is 2.77 bits per heavy atom. The number of carbonyl (C=O) groups is 1. The SMILES string of the molecule is C[C@H]1C[C@@H](C(=O)Nc2cccc(OCc3ccc(Cl)cc3)c2)CCN1.Cl. The summed E-state index contributed by atoms with van der Waals surface area (Å²) in [5.41, 5.74) is 1.81. The van der Waals surface area contributed by atoms with Crippen LogP contribution in [0.4, 0.5) is 5.69 Å². The third-order valence-corrected chi connectivity index (χ3v) is 4.67. The van der Waals surface area contributed by atoms with E-state index in [9.17, 15) is 4.79 Å². The van der Waals surface area contributed by atoms with Crippen molar-refractivity contribution in [3.05, 3.63) is 59.1 Å². The van der Waals surface area contributed by atoms with Crippen molar-refractivity contribution in [3.8, 4) is 5.75 Å². The number of nitrogens with one attached hydrogen (secondary N) is 2. The second kappa shape index (κ2) is 9.81. The molecule has 6 heteroatoms. The molecule has 4 nitrogen and oxygen atoms in total. The lowest BCUT2D eigenvalue weighted by atomic mass is 9.92. The number of hydrogen-bond donors (Lipinski definition) is 2. The Kier molecular flexibility index (Phi) is 7.76. The first-order chi connectivity index (χ1) is 12.1. The molecule has 0 radical (unpaired) electrons. The summed E-state index contributed by atoms with van der Waals surface area (Å²) in [5.74, 6) is 0.879. The molecule has 1 amide bonds. The molecule has 0 bridgehead atoms. The highest BCUT2D eigenvalue weighted by Gasteiger charge is 2.24. The predicted octanol–water partition coefficient (Wildman–Crippen LogP) is 4.67. The molecule has 2 atom stereocenters. The van der Waals surface area contributed by atoms with Gasteiger partial charge in [-0.2, -0.15) is 0 Å². The van der Waals surface area contributed by atoms with Crippen LogP contribution in [0.5, 0.6) is 5.75 Å². The molecule has 1 fully saturated rings. The maximum absolute atomic E-state index is 12.4. The van der Waals surface area contributed by atoms with Crippen molar-refractivity contribution in [2.75, 3.05) is 11.9 Å². The summed E-state index contributed by atoms with van der Waals surface area (Å²) in [4.78, 5) is 12.4. The maximum atomic E-state index is 12.4. The molecule has 1 aliphatic rings. The standard InChI is InChI=1S/C20H23ClN2O2.ClH/c1-14-11-16(9-10-22-14)20(24)23-18-3-2-4-19(12-18)25-13-15-5-7-17(21)8-6-15;/h2-8,12,14,16,22H,9-11,13H2,1H3,(H,23,24);1H/t14-,16-;/m0./s1. The van der Waals surface area contributed by atoms with Crippen molar-refractivity contribution in [1.82, 2.24) is 5.32 Å². The third-order valence-electron chi connectivity index (χ3n) is 4.41. The molecule has 2 N–H and O–H groups in total. The molecular formula is C20H24Cl2N2O2. The smallest absolute Gasteiger partial charge is 0.227 e. The number of anilines is 1. The molecule has 2 aromatic rings. The average molecular weight is 395 g/mol. The molecule has 1 saturated heterocycles. The molecule has 0 aliphatic carbocycles. The van der Waals surface area contributed by atoms with E-state index in [4.69, 9.17) is 16.3 Å². The highest BCUT2D eigenvalue weighted by molar-refractivity contribution is 6.30. The van der Waals surface area contributed by atoms with Gasteiger partial charge in [-0.1, -0.05) is 29.8 Å². The molecular weight excluding hydrogens is 371 g/mol. The summed E-state index contributed by atoms with van der Waals surface area (Å²) >= 11 is 5.89. The minimum atomic E-state index is 0. The zero-order valence-corrected chi connectivity index (χ0v) is 16.3. The van der Waals surface area contributed by atoms with Crippen molar-refractivity contribution >= 4 is 35.6 Å². The van der Waals surface area contributed by atoms with E-state index in [0.29, 0.717) is 17.7 Å². The number of ether oxygens (including phenoxy) is 1. The summed E-state index contributed by atoms with van der Waals surface area (Å²) in [6.07, 6.45) is 1.75. The van der Waals surface area contributed by atoms with Gasteiger partial charge < -0.3 is 15.4 Å². The number of hydrogen-bond acceptors (Lipinski definition) is 3. The lowest BCUT2D eigenvalue weighted by Crippen LogP contribution is -2.40. The lowest BCUT2D eigenvalue weighted by molar-refractivity contribution is -0.120. The van der Waals surface area contributed by atoms with E-state index in [-0.39, 0.29) is 24.2 Å². The van der Waals surface area contributed by atoms with Crippen molar-refractivity contribution in [2.45, 2.75) is 32.4 Å². The summed E-state index contributed by atoms with van der Waals surface area (Å²) in [6, 6.07) is 15.5. The number of amides is 1. The Bertz CT molecular complexity index is 722. The molecule has 2 aromatic carbocycles. The van der Waals surface area contributed by atoms with Crippen LogP contribution in [0.1, 0.15) is 25.3 Å². The highest BCUT2D eigenvalue weighted by Crippen LogP contribution is 2.22. The molecule has 1 aliphatic heterocycles. The first-order valence-corrected chi connectivity index (χ1v) is 8.99. The van der Waals surface area contributed by atoms with Gasteiger partial charge in [0.1, 0.15) is 12.4 Å². The minimum Gasteiger partial charge on any atom is -0.489 e. The van der Waals surface area contributed by atoms with Crippen LogP contribution in [-0.2, 0) is 11.4 Å². The molecule has 0 aromatic heterocycles. The largest absolute Gasteiger partial charge is 0.489 e. The minimum absolute atomic E-state index is 0. The van der Waals surface area contributed by atoms with Crippen LogP contribution < -0.4 is 15.4 Å². The molecule has 0 unspecified atom stereocenters. The fourth-order valence-electron chi connectivity index (χ4n) is 3.03. The Hall–Kier alpha value is -1.75. The second-order valence-electron chi connectivity index (χ2n) is 6.51. The van der Waals surface area contributed by atoms with Gasteiger partial charge in [0.15, 0.2) is 0 Å². The van der Waals surface area contributed by atoms with Gasteiger partial charge in [-0.05, 0) is 56.1 Å². The predicted molar refractivity (Wildman–Crippen MR) is 108 cm³/mol. The summed E-state index contributed by atoms with van der Waals surface area (Å²) in [6.45, 7) is 3.47. The van der Waals surface area contributed by atoms with Gasteiger partial charge >= 0.3 is 0 Å². The van der Waals surface area contributed by atoms with Gasteiger partial charge in [-0.15, -0.1) is 12.4 Å². The molecule has 0 spiro atoms. The van der Waals surface area contributed by atoms with Gasteiger partial charge in [0, 0.05) is 28.7 Å². The Morgan fingerprint density at radius 2 is 2.04 bits per heavy atom. The zero-order valence-electron chi connectivity index (χ0n) is 14.7. The second-order valence-corrected chi connectivity index (χ2v) is 6.95. The van der Waals surface area contributed by atoms with Crippen molar-refractivity contribution in [2.24, 2.45) is 5.92 Å². The first kappa shape index (κ1) is 20.6. The summed E-state index contributed by atoms with van der Waals surface area (Å²) in [5, 5.41) is 7.09. The van der Waals surface area contributed by atoms with E-state index in [1.165, 1.54) is 0 Å². The topological polar surface area (TPSA) is 50.4 Å².